The number of hydrogen-bond donors (Lipinski definition) is 0. The van der Waals surface area contributed by atoms with Crippen LogP contribution in [0, 0.1) is 0 Å². The molecule has 3 aliphatic rings. The lowest BCUT2D eigenvalue weighted by Gasteiger charge is -2.35. The summed E-state index contributed by atoms with van der Waals surface area (Å²) in [5, 5.41) is 0.491. The Hall–Kier alpha value is -2.17. The average Bonchev–Trinajstić information content (AvgIpc) is 3.08. The zero-order chi connectivity index (χ0) is 22.3. The molecule has 0 amide bonds. The Bertz CT molecular complexity index is 1050. The van der Waals surface area contributed by atoms with E-state index < -0.39 is 0 Å². The van der Waals surface area contributed by atoms with Crippen LogP contribution in [0.3, 0.4) is 0 Å². The Labute approximate surface area is 196 Å². The summed E-state index contributed by atoms with van der Waals surface area (Å²) in [6.07, 6.45) is 9.16. The molecule has 0 atom stereocenters. The summed E-state index contributed by atoms with van der Waals surface area (Å²) in [4.78, 5) is 21.6. The summed E-state index contributed by atoms with van der Waals surface area (Å²) >= 11 is 6.47. The molecule has 2 aromatic rings. The molecule has 1 saturated carbocycles. The van der Waals surface area contributed by atoms with Gasteiger partial charge in [-0.05, 0) is 81.1 Å². The molecule has 1 aliphatic carbocycles. The van der Waals surface area contributed by atoms with Crippen molar-refractivity contribution in [3.05, 3.63) is 58.1 Å². The molecule has 0 radical (unpaired) electrons. The molecule has 4 nitrogen and oxygen atoms in total. The van der Waals surface area contributed by atoms with E-state index in [1.54, 1.807) is 6.07 Å². The van der Waals surface area contributed by atoms with Crippen LogP contribution in [0.25, 0.3) is 0 Å². The van der Waals surface area contributed by atoms with E-state index in [9.17, 15) is 4.79 Å². The maximum absolute atomic E-state index is 12.1. The summed E-state index contributed by atoms with van der Waals surface area (Å²) in [7, 11) is 4.10. The standard InChI is InChI=1S/C27H32ClN3O/c1-29-26-27(13-4-3-5-14-27)22-10-9-20(19-11-15-30(2)16-12-19)17-25(22)31(26)24-8-6-7-23(28)21(24)18-32/h6-10,17-19H,3-5,11-16H2,1-2H3. The summed E-state index contributed by atoms with van der Waals surface area (Å²) in [6, 6.07) is 12.8. The van der Waals surface area contributed by atoms with E-state index in [-0.39, 0.29) is 5.41 Å². The number of benzene rings is 2. The second-order valence-electron chi connectivity index (χ2n) is 9.67. The maximum atomic E-state index is 12.1. The molecule has 0 unspecified atom stereocenters. The number of carbonyl (C=O) groups excluding carboxylic acids is 1. The highest BCUT2D eigenvalue weighted by atomic mass is 35.5. The van der Waals surface area contributed by atoms with Crippen molar-refractivity contribution in [2.45, 2.75) is 56.3 Å². The van der Waals surface area contributed by atoms with E-state index in [2.05, 4.69) is 35.0 Å². The molecule has 1 spiro atoms. The van der Waals surface area contributed by atoms with Gasteiger partial charge in [-0.2, -0.15) is 0 Å². The molecular formula is C27H32ClN3O. The first kappa shape index (κ1) is 21.7. The molecule has 2 heterocycles. The van der Waals surface area contributed by atoms with Crippen molar-refractivity contribution in [2.24, 2.45) is 4.99 Å². The van der Waals surface area contributed by atoms with Gasteiger partial charge in [-0.15, -0.1) is 0 Å². The molecule has 5 rings (SSSR count). The number of anilines is 2. The number of hydrogen-bond acceptors (Lipinski definition) is 3. The van der Waals surface area contributed by atoms with E-state index in [0.717, 1.165) is 43.7 Å². The van der Waals surface area contributed by atoms with Crippen LogP contribution in [0.2, 0.25) is 5.02 Å². The zero-order valence-electron chi connectivity index (χ0n) is 19.1. The van der Waals surface area contributed by atoms with Crippen LogP contribution in [-0.4, -0.2) is 44.2 Å². The summed E-state index contributed by atoms with van der Waals surface area (Å²) < 4.78 is 0. The van der Waals surface area contributed by atoms with Crippen LogP contribution in [-0.2, 0) is 5.41 Å². The number of fused-ring (bicyclic) bond motifs is 2. The van der Waals surface area contributed by atoms with Gasteiger partial charge in [0.05, 0.1) is 27.4 Å². The second kappa shape index (κ2) is 8.64. The Morgan fingerprint density at radius 2 is 1.81 bits per heavy atom. The van der Waals surface area contributed by atoms with Gasteiger partial charge in [-0.3, -0.25) is 14.7 Å². The number of carbonyl (C=O) groups is 1. The fraction of sp³-hybridized carbons (Fsp3) is 0.481. The van der Waals surface area contributed by atoms with Gasteiger partial charge in [0.25, 0.3) is 0 Å². The molecule has 2 aromatic carbocycles. The molecule has 0 N–H and O–H groups in total. The number of nitrogens with zero attached hydrogens (tertiary/aromatic N) is 3. The lowest BCUT2D eigenvalue weighted by atomic mass is 9.69. The van der Waals surface area contributed by atoms with E-state index >= 15 is 0 Å². The quantitative estimate of drug-likeness (QED) is 0.512. The molecule has 0 aromatic heterocycles. The van der Waals surface area contributed by atoms with Crippen LogP contribution in [0.5, 0.6) is 0 Å². The van der Waals surface area contributed by atoms with E-state index in [1.165, 1.54) is 48.9 Å². The van der Waals surface area contributed by atoms with E-state index in [4.69, 9.17) is 16.6 Å². The monoisotopic (exact) mass is 449 g/mol. The smallest absolute Gasteiger partial charge is 0.153 e. The van der Waals surface area contributed by atoms with Crippen LogP contribution in [0.4, 0.5) is 11.4 Å². The molecular weight excluding hydrogens is 418 g/mol. The summed E-state index contributed by atoms with van der Waals surface area (Å²) in [5.74, 6) is 1.64. The molecule has 5 heteroatoms. The fourth-order valence-electron chi connectivity index (χ4n) is 6.23. The van der Waals surface area contributed by atoms with Crippen LogP contribution >= 0.6 is 11.6 Å². The Balaban J connectivity index is 1.68. The lowest BCUT2D eigenvalue weighted by Crippen LogP contribution is -2.40. The van der Waals surface area contributed by atoms with Crippen molar-refractivity contribution in [1.29, 1.82) is 0 Å². The van der Waals surface area contributed by atoms with Gasteiger partial charge in [0.2, 0.25) is 0 Å². The molecule has 2 aliphatic heterocycles. The topological polar surface area (TPSA) is 35.9 Å². The van der Waals surface area contributed by atoms with Crippen molar-refractivity contribution < 1.29 is 4.79 Å². The molecule has 168 valence electrons. The van der Waals surface area contributed by atoms with Crippen LogP contribution < -0.4 is 4.90 Å². The Kier molecular flexibility index (Phi) is 5.85. The first-order valence-electron chi connectivity index (χ1n) is 11.9. The number of likely N-dealkylation sites (tertiary alicyclic amines) is 1. The number of amidine groups is 1. The van der Waals surface area contributed by atoms with Crippen LogP contribution in [0.1, 0.15) is 72.3 Å². The Morgan fingerprint density at radius 1 is 1.06 bits per heavy atom. The van der Waals surface area contributed by atoms with Gasteiger partial charge in [0, 0.05) is 7.05 Å². The Morgan fingerprint density at radius 3 is 2.50 bits per heavy atom. The second-order valence-corrected chi connectivity index (χ2v) is 10.1. The maximum Gasteiger partial charge on any atom is 0.153 e. The number of halogens is 1. The highest BCUT2D eigenvalue weighted by Crippen LogP contribution is 2.54. The molecule has 32 heavy (non-hydrogen) atoms. The van der Waals surface area contributed by atoms with Gasteiger partial charge in [-0.1, -0.05) is 49.1 Å². The number of aliphatic imine (C=N–C) groups is 1. The minimum absolute atomic E-state index is 0.0733. The van der Waals surface area contributed by atoms with Crippen molar-refractivity contribution >= 4 is 35.1 Å². The number of rotatable bonds is 3. The zero-order valence-corrected chi connectivity index (χ0v) is 19.9. The first-order chi connectivity index (χ1) is 15.6. The first-order valence-corrected chi connectivity index (χ1v) is 12.3. The van der Waals surface area contributed by atoms with Gasteiger partial charge >= 0.3 is 0 Å². The minimum atomic E-state index is -0.0733. The van der Waals surface area contributed by atoms with Gasteiger partial charge in [0.1, 0.15) is 5.84 Å². The lowest BCUT2D eigenvalue weighted by molar-refractivity contribution is 0.112. The number of aldehydes is 1. The summed E-state index contributed by atoms with van der Waals surface area (Å²) in [5.41, 5.74) is 5.27. The van der Waals surface area contributed by atoms with Crippen LogP contribution in [0.15, 0.2) is 41.4 Å². The SMILES string of the molecule is CN=C1N(c2cccc(Cl)c2C=O)c2cc(C3CCN(C)CC3)ccc2C12CCCCC2. The van der Waals surface area contributed by atoms with Gasteiger partial charge in [0.15, 0.2) is 6.29 Å². The highest BCUT2D eigenvalue weighted by Gasteiger charge is 2.49. The third-order valence-corrected chi connectivity index (χ3v) is 8.25. The average molecular weight is 450 g/mol. The molecule has 0 bridgehead atoms. The third kappa shape index (κ3) is 3.39. The van der Waals surface area contributed by atoms with E-state index in [0.29, 0.717) is 16.5 Å². The molecule has 1 saturated heterocycles. The minimum Gasteiger partial charge on any atom is -0.306 e. The largest absolute Gasteiger partial charge is 0.306 e. The number of piperidine rings is 1. The normalized spacial score (nSPS) is 22.5. The molecule has 2 fully saturated rings. The van der Waals surface area contributed by atoms with Crippen molar-refractivity contribution in [1.82, 2.24) is 4.90 Å². The van der Waals surface area contributed by atoms with Crippen molar-refractivity contribution in [3.63, 3.8) is 0 Å². The van der Waals surface area contributed by atoms with E-state index in [1.807, 2.05) is 19.2 Å². The van der Waals surface area contributed by atoms with Crippen molar-refractivity contribution in [3.8, 4) is 0 Å². The van der Waals surface area contributed by atoms with Crippen molar-refractivity contribution in [2.75, 3.05) is 32.1 Å². The fourth-order valence-corrected chi connectivity index (χ4v) is 6.44. The van der Waals surface area contributed by atoms with Gasteiger partial charge < -0.3 is 4.90 Å². The summed E-state index contributed by atoms with van der Waals surface area (Å²) in [6.45, 7) is 2.28. The predicted molar refractivity (Wildman–Crippen MR) is 133 cm³/mol. The third-order valence-electron chi connectivity index (χ3n) is 7.92. The van der Waals surface area contributed by atoms with Gasteiger partial charge in [-0.25, -0.2) is 0 Å². The highest BCUT2D eigenvalue weighted by molar-refractivity contribution is 6.34. The predicted octanol–water partition coefficient (Wildman–Crippen LogP) is 6.34.